The predicted molar refractivity (Wildman–Crippen MR) is 116 cm³/mol. The highest BCUT2D eigenvalue weighted by atomic mass is 16.1. The van der Waals surface area contributed by atoms with Crippen LogP contribution in [0, 0.1) is 5.92 Å². The minimum absolute atomic E-state index is 0.131. The molecule has 0 amide bonds. The lowest BCUT2D eigenvalue weighted by atomic mass is 9.97. The number of Topliss-reactive ketones (excluding diaryl/α,β-unsaturated/α-hetero) is 3. The van der Waals surface area contributed by atoms with Crippen LogP contribution in [0.5, 0.6) is 0 Å². The summed E-state index contributed by atoms with van der Waals surface area (Å²) in [7, 11) is 1.81. The lowest BCUT2D eigenvalue weighted by molar-refractivity contribution is -0.123. The fourth-order valence-electron chi connectivity index (χ4n) is 3.46. The number of unbranched alkanes of at least 4 members (excludes halogenated alkanes) is 1. The van der Waals surface area contributed by atoms with Crippen LogP contribution in [0.25, 0.3) is 0 Å². The van der Waals surface area contributed by atoms with Crippen molar-refractivity contribution in [1.82, 2.24) is 16.0 Å². The molecule has 0 aliphatic rings. The third-order valence-corrected chi connectivity index (χ3v) is 5.15. The fraction of sp³-hybridized carbons (Fsp3) is 0.864. The summed E-state index contributed by atoms with van der Waals surface area (Å²) in [4.78, 5) is 36.6. The first-order valence-corrected chi connectivity index (χ1v) is 11.0. The van der Waals surface area contributed by atoms with Gasteiger partial charge >= 0.3 is 0 Å². The molecule has 0 heterocycles. The van der Waals surface area contributed by atoms with Crippen LogP contribution < -0.4 is 16.0 Å². The van der Waals surface area contributed by atoms with Gasteiger partial charge in [0, 0.05) is 25.9 Å². The molecular formula is C22H43N3O3. The van der Waals surface area contributed by atoms with E-state index in [1.54, 1.807) is 14.0 Å². The predicted octanol–water partition coefficient (Wildman–Crippen LogP) is 2.64. The average Bonchev–Trinajstić information content (AvgIpc) is 2.63. The van der Waals surface area contributed by atoms with Crippen molar-refractivity contribution in [1.29, 1.82) is 0 Å². The Balaban J connectivity index is 4.44. The van der Waals surface area contributed by atoms with E-state index >= 15 is 0 Å². The first-order valence-electron chi connectivity index (χ1n) is 11.0. The van der Waals surface area contributed by atoms with Crippen molar-refractivity contribution < 1.29 is 14.4 Å². The van der Waals surface area contributed by atoms with Crippen LogP contribution in [-0.2, 0) is 14.4 Å². The zero-order valence-electron chi connectivity index (χ0n) is 18.9. The van der Waals surface area contributed by atoms with Crippen molar-refractivity contribution in [2.45, 2.75) is 97.7 Å². The van der Waals surface area contributed by atoms with Crippen LogP contribution in [0.3, 0.4) is 0 Å². The zero-order chi connectivity index (χ0) is 21.5. The standard InChI is InChI=1S/C22H43N3O3/c1-7-9-11-18(17(5)26)24-14-12-20(27)19(10-8-2)25-15-13-21(28)22(23-6)16(3)4/h16,18-19,22-25H,7-15H2,1-6H3/t18-,19-,22-/m0/s1. The lowest BCUT2D eigenvalue weighted by Gasteiger charge is -2.21. The number of rotatable bonds is 18. The van der Waals surface area contributed by atoms with Crippen LogP contribution in [0.4, 0.5) is 0 Å². The Morgan fingerprint density at radius 1 is 0.821 bits per heavy atom. The van der Waals surface area contributed by atoms with Gasteiger partial charge in [0.05, 0.1) is 18.1 Å². The summed E-state index contributed by atoms with van der Waals surface area (Å²) in [5.41, 5.74) is 0. The van der Waals surface area contributed by atoms with E-state index in [1.807, 2.05) is 13.8 Å². The van der Waals surface area contributed by atoms with Gasteiger partial charge in [-0.2, -0.15) is 0 Å². The lowest BCUT2D eigenvalue weighted by Crippen LogP contribution is -2.43. The highest BCUT2D eigenvalue weighted by Crippen LogP contribution is 2.06. The number of likely N-dealkylation sites (N-methyl/N-ethyl adjacent to an activating group) is 1. The quantitative estimate of drug-likeness (QED) is 0.330. The number of hydrogen-bond donors (Lipinski definition) is 3. The van der Waals surface area contributed by atoms with Crippen LogP contribution in [0.1, 0.15) is 79.6 Å². The molecule has 0 aliphatic carbocycles. The number of hydrogen-bond acceptors (Lipinski definition) is 6. The first kappa shape index (κ1) is 26.9. The molecule has 6 nitrogen and oxygen atoms in total. The SMILES string of the molecule is CCCC[C@H](NCCC(=O)[C@H](CCC)NCCC(=O)[C@@H](NC)C(C)C)C(C)=O. The normalized spacial score (nSPS) is 14.7. The molecule has 0 spiro atoms. The van der Waals surface area contributed by atoms with Gasteiger partial charge in [0.25, 0.3) is 0 Å². The van der Waals surface area contributed by atoms with Crippen LogP contribution in [-0.4, -0.2) is 55.6 Å². The summed E-state index contributed by atoms with van der Waals surface area (Å²) in [6.07, 6.45) is 5.36. The summed E-state index contributed by atoms with van der Waals surface area (Å²) in [6, 6.07) is -0.520. The second-order valence-corrected chi connectivity index (χ2v) is 8.00. The van der Waals surface area contributed by atoms with E-state index < -0.39 is 0 Å². The molecule has 0 bridgehead atoms. The number of carbonyl (C=O) groups is 3. The molecule has 0 rings (SSSR count). The monoisotopic (exact) mass is 397 g/mol. The number of ketones is 3. The topological polar surface area (TPSA) is 87.3 Å². The zero-order valence-corrected chi connectivity index (χ0v) is 18.9. The van der Waals surface area contributed by atoms with Gasteiger partial charge in [-0.15, -0.1) is 0 Å². The number of nitrogens with one attached hydrogen (secondary N) is 3. The molecule has 0 radical (unpaired) electrons. The van der Waals surface area contributed by atoms with E-state index in [-0.39, 0.29) is 41.4 Å². The molecule has 28 heavy (non-hydrogen) atoms. The Morgan fingerprint density at radius 2 is 1.39 bits per heavy atom. The van der Waals surface area contributed by atoms with Gasteiger partial charge in [0.2, 0.25) is 0 Å². The van der Waals surface area contributed by atoms with Crippen LogP contribution >= 0.6 is 0 Å². The summed E-state index contributed by atoms with van der Waals surface area (Å²) >= 11 is 0. The Kier molecular flexibility index (Phi) is 15.1. The second-order valence-electron chi connectivity index (χ2n) is 8.00. The number of carbonyl (C=O) groups excluding carboxylic acids is 3. The molecule has 0 unspecified atom stereocenters. The van der Waals surface area contributed by atoms with Crippen molar-refractivity contribution in [2.75, 3.05) is 20.1 Å². The van der Waals surface area contributed by atoms with Gasteiger partial charge in [-0.25, -0.2) is 0 Å². The molecule has 0 saturated heterocycles. The maximum absolute atomic E-state index is 12.6. The molecule has 0 aromatic carbocycles. The van der Waals surface area contributed by atoms with Crippen molar-refractivity contribution in [2.24, 2.45) is 5.92 Å². The Bertz CT molecular complexity index is 466. The van der Waals surface area contributed by atoms with Gasteiger partial charge in [0.1, 0.15) is 5.78 Å². The highest BCUT2D eigenvalue weighted by Gasteiger charge is 2.22. The maximum atomic E-state index is 12.6. The van der Waals surface area contributed by atoms with Crippen LogP contribution in [0.15, 0.2) is 0 Å². The molecule has 0 saturated carbocycles. The minimum Gasteiger partial charge on any atom is -0.310 e. The minimum atomic E-state index is -0.224. The van der Waals surface area contributed by atoms with Crippen LogP contribution in [0.2, 0.25) is 0 Å². The molecule has 0 fully saturated rings. The Labute approximate surface area is 172 Å². The van der Waals surface area contributed by atoms with Gasteiger partial charge in [-0.1, -0.05) is 47.0 Å². The molecule has 3 atom stereocenters. The van der Waals surface area contributed by atoms with Gasteiger partial charge < -0.3 is 16.0 Å². The second kappa shape index (κ2) is 15.8. The molecule has 164 valence electrons. The molecule has 0 aromatic rings. The first-order chi connectivity index (χ1) is 13.3. The smallest absolute Gasteiger partial charge is 0.151 e. The Hall–Kier alpha value is -1.11. The summed E-state index contributed by atoms with van der Waals surface area (Å²) in [6.45, 7) is 10.8. The van der Waals surface area contributed by atoms with Crippen molar-refractivity contribution in [3.05, 3.63) is 0 Å². The molecule has 0 aliphatic heterocycles. The van der Waals surface area contributed by atoms with E-state index in [0.29, 0.717) is 25.9 Å². The molecule has 3 N–H and O–H groups in total. The van der Waals surface area contributed by atoms with Gasteiger partial charge in [-0.05, 0) is 32.7 Å². The van der Waals surface area contributed by atoms with E-state index in [0.717, 1.165) is 32.1 Å². The van der Waals surface area contributed by atoms with Crippen molar-refractivity contribution >= 4 is 17.3 Å². The van der Waals surface area contributed by atoms with E-state index in [4.69, 9.17) is 0 Å². The summed E-state index contributed by atoms with van der Waals surface area (Å²) in [5.74, 6) is 0.702. The third kappa shape index (κ3) is 11.0. The third-order valence-electron chi connectivity index (χ3n) is 5.15. The Morgan fingerprint density at radius 3 is 1.86 bits per heavy atom. The molecule has 0 aromatic heterocycles. The fourth-order valence-corrected chi connectivity index (χ4v) is 3.46. The van der Waals surface area contributed by atoms with E-state index in [9.17, 15) is 14.4 Å². The molecular weight excluding hydrogens is 354 g/mol. The highest BCUT2D eigenvalue weighted by molar-refractivity contribution is 5.85. The van der Waals surface area contributed by atoms with E-state index in [1.165, 1.54) is 0 Å². The van der Waals surface area contributed by atoms with E-state index in [2.05, 4.69) is 29.8 Å². The maximum Gasteiger partial charge on any atom is 0.151 e. The average molecular weight is 398 g/mol. The molecule has 6 heteroatoms. The van der Waals surface area contributed by atoms with Gasteiger partial charge in [0.15, 0.2) is 11.6 Å². The van der Waals surface area contributed by atoms with Gasteiger partial charge in [-0.3, -0.25) is 14.4 Å². The van der Waals surface area contributed by atoms with Crippen molar-refractivity contribution in [3.63, 3.8) is 0 Å². The summed E-state index contributed by atoms with van der Waals surface area (Å²) < 4.78 is 0. The summed E-state index contributed by atoms with van der Waals surface area (Å²) in [5, 5.41) is 9.57. The largest absolute Gasteiger partial charge is 0.310 e. The van der Waals surface area contributed by atoms with Crippen molar-refractivity contribution in [3.8, 4) is 0 Å².